The minimum atomic E-state index is -0.391. The molecule has 0 aliphatic heterocycles. The van der Waals surface area contributed by atoms with Crippen molar-refractivity contribution >= 4 is 49.9 Å². The van der Waals surface area contributed by atoms with E-state index in [1.807, 2.05) is 6.92 Å². The summed E-state index contributed by atoms with van der Waals surface area (Å²) in [6, 6.07) is 1.77. The fraction of sp³-hybridized carbons (Fsp3) is 0.250. The van der Waals surface area contributed by atoms with E-state index in [4.69, 9.17) is 0 Å². The van der Waals surface area contributed by atoms with Gasteiger partial charge >= 0.3 is 5.69 Å². The quantitative estimate of drug-likeness (QED) is 0.493. The Hall–Kier alpha value is -0.370. The number of benzene rings is 1. The second-order valence-corrected chi connectivity index (χ2v) is 4.60. The van der Waals surface area contributed by atoms with Gasteiger partial charge in [-0.1, -0.05) is 0 Å². The Morgan fingerprint density at radius 2 is 2.21 bits per heavy atom. The van der Waals surface area contributed by atoms with Crippen molar-refractivity contribution in [3.8, 4) is 0 Å². The predicted molar refractivity (Wildman–Crippen MR) is 67.8 cm³/mol. The molecule has 14 heavy (non-hydrogen) atoms. The van der Waals surface area contributed by atoms with E-state index in [1.165, 1.54) is 0 Å². The molecular formula is C8H8BrIN2O2. The van der Waals surface area contributed by atoms with Crippen LogP contribution in [0, 0.1) is 20.6 Å². The third-order valence-corrected chi connectivity index (χ3v) is 4.72. The van der Waals surface area contributed by atoms with Gasteiger partial charge in [0.05, 0.1) is 4.92 Å². The number of aryl methyl sites for hydroxylation is 1. The standard InChI is InChI=1S/C8H8BrIN2O2/c1-4-3-5(11-2)8(12(13)14)6(9)7(4)10/h3,11H,1-2H3. The maximum absolute atomic E-state index is 10.8. The Balaban J connectivity index is 3.53. The van der Waals surface area contributed by atoms with Crippen molar-refractivity contribution in [1.82, 2.24) is 0 Å². The first kappa shape index (κ1) is 11.7. The molecule has 6 heteroatoms. The molecule has 1 aromatic carbocycles. The number of rotatable bonds is 2. The minimum Gasteiger partial charge on any atom is -0.383 e. The summed E-state index contributed by atoms with van der Waals surface area (Å²) in [5.74, 6) is 0. The molecule has 1 rings (SSSR count). The molecule has 0 aliphatic rings. The largest absolute Gasteiger partial charge is 0.383 e. The SMILES string of the molecule is CNc1cc(C)c(I)c(Br)c1[N+](=O)[O-]. The number of halogens is 2. The van der Waals surface area contributed by atoms with Gasteiger partial charge in [0.15, 0.2) is 0 Å². The Bertz CT molecular complexity index is 395. The molecule has 1 aromatic rings. The van der Waals surface area contributed by atoms with Gasteiger partial charge in [-0.25, -0.2) is 0 Å². The monoisotopic (exact) mass is 370 g/mol. The van der Waals surface area contributed by atoms with Gasteiger partial charge in [-0.05, 0) is 57.1 Å². The molecule has 4 nitrogen and oxygen atoms in total. The number of hydrogen-bond acceptors (Lipinski definition) is 3. The van der Waals surface area contributed by atoms with Crippen LogP contribution in [0.5, 0.6) is 0 Å². The first-order valence-electron chi connectivity index (χ1n) is 3.79. The van der Waals surface area contributed by atoms with E-state index in [-0.39, 0.29) is 5.69 Å². The van der Waals surface area contributed by atoms with Crippen LogP contribution < -0.4 is 5.32 Å². The number of nitrogens with one attached hydrogen (secondary N) is 1. The highest BCUT2D eigenvalue weighted by atomic mass is 127. The Morgan fingerprint density at radius 3 is 2.64 bits per heavy atom. The van der Waals surface area contributed by atoms with E-state index in [0.29, 0.717) is 10.2 Å². The molecule has 76 valence electrons. The van der Waals surface area contributed by atoms with Crippen LogP contribution in [0.15, 0.2) is 10.5 Å². The summed E-state index contributed by atoms with van der Waals surface area (Å²) in [4.78, 5) is 10.4. The highest BCUT2D eigenvalue weighted by molar-refractivity contribution is 14.1. The summed E-state index contributed by atoms with van der Waals surface area (Å²) in [6.45, 7) is 1.91. The lowest BCUT2D eigenvalue weighted by atomic mass is 10.2. The number of nitro benzene ring substituents is 1. The van der Waals surface area contributed by atoms with Crippen molar-refractivity contribution in [2.75, 3.05) is 12.4 Å². The lowest BCUT2D eigenvalue weighted by molar-refractivity contribution is -0.384. The zero-order valence-corrected chi connectivity index (χ0v) is 11.3. The number of hydrogen-bond donors (Lipinski definition) is 1. The van der Waals surface area contributed by atoms with Crippen LogP contribution in [-0.4, -0.2) is 12.0 Å². The molecule has 0 saturated carbocycles. The van der Waals surface area contributed by atoms with E-state index < -0.39 is 4.92 Å². The first-order valence-corrected chi connectivity index (χ1v) is 5.67. The van der Waals surface area contributed by atoms with Crippen molar-refractivity contribution in [1.29, 1.82) is 0 Å². The maximum atomic E-state index is 10.8. The van der Waals surface area contributed by atoms with Crippen LogP contribution in [-0.2, 0) is 0 Å². The lowest BCUT2D eigenvalue weighted by Crippen LogP contribution is -2.00. The van der Waals surface area contributed by atoms with Crippen molar-refractivity contribution < 1.29 is 4.92 Å². The molecule has 0 saturated heterocycles. The van der Waals surface area contributed by atoms with Crippen LogP contribution in [0.3, 0.4) is 0 Å². The van der Waals surface area contributed by atoms with Crippen molar-refractivity contribution in [3.05, 3.63) is 29.8 Å². The van der Waals surface area contributed by atoms with Crippen LogP contribution in [0.4, 0.5) is 11.4 Å². The topological polar surface area (TPSA) is 55.2 Å². The van der Waals surface area contributed by atoms with Gasteiger partial charge in [-0.2, -0.15) is 0 Å². The van der Waals surface area contributed by atoms with E-state index in [2.05, 4.69) is 43.8 Å². The summed E-state index contributed by atoms with van der Waals surface area (Å²) in [5, 5.41) is 13.6. The molecular weight excluding hydrogens is 363 g/mol. The van der Waals surface area contributed by atoms with Gasteiger partial charge in [-0.3, -0.25) is 10.1 Å². The molecule has 0 radical (unpaired) electrons. The van der Waals surface area contributed by atoms with E-state index in [9.17, 15) is 10.1 Å². The Kier molecular flexibility index (Phi) is 3.71. The smallest absolute Gasteiger partial charge is 0.307 e. The van der Waals surface area contributed by atoms with E-state index in [0.717, 1.165) is 9.13 Å². The Morgan fingerprint density at radius 1 is 1.64 bits per heavy atom. The molecule has 0 bridgehead atoms. The molecule has 0 aliphatic carbocycles. The average molecular weight is 371 g/mol. The van der Waals surface area contributed by atoms with Crippen LogP contribution in [0.25, 0.3) is 0 Å². The molecule has 0 aromatic heterocycles. The number of nitro groups is 1. The Labute approximate surface area is 103 Å². The maximum Gasteiger partial charge on any atom is 0.307 e. The second kappa shape index (κ2) is 4.43. The molecule has 0 fully saturated rings. The molecule has 0 amide bonds. The number of nitrogens with zero attached hydrogens (tertiary/aromatic N) is 1. The van der Waals surface area contributed by atoms with E-state index in [1.54, 1.807) is 13.1 Å². The highest BCUT2D eigenvalue weighted by Gasteiger charge is 2.21. The zero-order chi connectivity index (χ0) is 10.9. The number of anilines is 1. The summed E-state index contributed by atoms with van der Waals surface area (Å²) in [6.07, 6.45) is 0. The van der Waals surface area contributed by atoms with Crippen molar-refractivity contribution in [2.24, 2.45) is 0 Å². The third-order valence-electron chi connectivity index (χ3n) is 1.81. The fourth-order valence-electron chi connectivity index (χ4n) is 1.11. The van der Waals surface area contributed by atoms with Gasteiger partial charge in [0, 0.05) is 10.6 Å². The normalized spacial score (nSPS) is 10.0. The molecule has 0 spiro atoms. The summed E-state index contributed by atoms with van der Waals surface area (Å²) < 4.78 is 1.40. The lowest BCUT2D eigenvalue weighted by Gasteiger charge is -2.07. The summed E-state index contributed by atoms with van der Waals surface area (Å²) in [7, 11) is 1.67. The van der Waals surface area contributed by atoms with Gasteiger partial charge in [-0.15, -0.1) is 0 Å². The van der Waals surface area contributed by atoms with Crippen molar-refractivity contribution in [3.63, 3.8) is 0 Å². The van der Waals surface area contributed by atoms with Crippen molar-refractivity contribution in [2.45, 2.75) is 6.92 Å². The summed E-state index contributed by atoms with van der Waals surface area (Å²) >= 11 is 5.32. The van der Waals surface area contributed by atoms with Crippen LogP contribution in [0.1, 0.15) is 5.56 Å². The van der Waals surface area contributed by atoms with Crippen LogP contribution in [0.2, 0.25) is 0 Å². The summed E-state index contributed by atoms with van der Waals surface area (Å²) in [5.41, 5.74) is 1.62. The highest BCUT2D eigenvalue weighted by Crippen LogP contribution is 2.38. The third kappa shape index (κ3) is 2.00. The minimum absolute atomic E-state index is 0.0856. The second-order valence-electron chi connectivity index (χ2n) is 2.72. The fourth-order valence-corrected chi connectivity index (χ4v) is 2.19. The van der Waals surface area contributed by atoms with Crippen LogP contribution >= 0.6 is 38.5 Å². The molecule has 0 unspecified atom stereocenters. The van der Waals surface area contributed by atoms with Gasteiger partial charge < -0.3 is 5.32 Å². The zero-order valence-electron chi connectivity index (χ0n) is 7.60. The predicted octanol–water partition coefficient (Wildman–Crippen LogP) is 3.31. The van der Waals surface area contributed by atoms with Gasteiger partial charge in [0.2, 0.25) is 0 Å². The molecule has 1 N–H and O–H groups in total. The van der Waals surface area contributed by atoms with Gasteiger partial charge in [0.1, 0.15) is 10.2 Å². The van der Waals surface area contributed by atoms with Gasteiger partial charge in [0.25, 0.3) is 0 Å². The average Bonchev–Trinajstić information content (AvgIpc) is 2.12. The first-order chi connectivity index (χ1) is 6.49. The molecule has 0 heterocycles. The molecule has 0 atom stereocenters. The van der Waals surface area contributed by atoms with E-state index >= 15 is 0 Å².